The van der Waals surface area contributed by atoms with E-state index in [4.69, 9.17) is 16.8 Å². The van der Waals surface area contributed by atoms with Crippen LogP contribution in [-0.2, 0) is 10.0 Å². The molecule has 0 saturated carbocycles. The fraction of sp³-hybridized carbons (Fsp3) is 0.364. The molecule has 0 aliphatic carbocycles. The van der Waals surface area contributed by atoms with Gasteiger partial charge in [-0.3, -0.25) is 4.79 Å². The number of carbonyl (C=O) groups excluding carboxylic acids is 1. The average molecular weight is 337 g/mol. The molecule has 1 aromatic rings. The van der Waals surface area contributed by atoms with E-state index >= 15 is 0 Å². The van der Waals surface area contributed by atoms with Crippen LogP contribution in [-0.4, -0.2) is 49.0 Å². The number of nitrogens with zero attached hydrogens (tertiary/aromatic N) is 1. The number of amides is 1. The van der Waals surface area contributed by atoms with Gasteiger partial charge in [0, 0.05) is 30.2 Å². The maximum atomic E-state index is 12.3. The summed E-state index contributed by atoms with van der Waals surface area (Å²) < 4.78 is 23.2. The maximum absolute atomic E-state index is 12.3. The predicted molar refractivity (Wildman–Crippen MR) is 76.8 cm³/mol. The van der Waals surface area contributed by atoms with Crippen LogP contribution in [0.2, 0.25) is 5.02 Å². The smallest absolute Gasteiger partial charge is 0.263 e. The lowest BCUT2D eigenvalue weighted by Gasteiger charge is -2.26. The molecule has 1 aliphatic rings. The van der Waals surface area contributed by atoms with Crippen LogP contribution in [0.5, 0.6) is 0 Å². The normalized spacial score (nSPS) is 16.2. The van der Waals surface area contributed by atoms with Crippen LogP contribution >= 0.6 is 23.4 Å². The molecule has 2 rings (SSSR count). The Hall–Kier alpha value is -0.800. The Bertz CT molecular complexity index is 615. The van der Waals surface area contributed by atoms with Gasteiger partial charge in [0.05, 0.1) is 5.02 Å². The molecule has 1 aliphatic heterocycles. The summed E-state index contributed by atoms with van der Waals surface area (Å²) in [6.07, 6.45) is 0. The molecule has 0 atom stereocenters. The topological polar surface area (TPSA) is 86.7 Å². The first kappa shape index (κ1) is 15.6. The molecule has 1 amide bonds. The second-order valence-electron chi connectivity index (χ2n) is 4.14. The Morgan fingerprint density at radius 3 is 2.60 bits per heavy atom. The van der Waals surface area contributed by atoms with Crippen LogP contribution in [0, 0.1) is 0 Å². The molecule has 0 aromatic heterocycles. The molecule has 6 nitrogen and oxygen atoms in total. The first-order valence-corrected chi connectivity index (χ1v) is 8.80. The molecule has 1 fully saturated rings. The van der Waals surface area contributed by atoms with Crippen molar-refractivity contribution in [3.8, 4) is 0 Å². The Balaban J connectivity index is 2.34. The molecule has 9 heteroatoms. The minimum atomic E-state index is -4.12. The lowest BCUT2D eigenvalue weighted by Crippen LogP contribution is -2.38. The van der Waals surface area contributed by atoms with E-state index in [1.165, 1.54) is 23.1 Å². The lowest BCUT2D eigenvalue weighted by molar-refractivity contribution is 0.0772. The summed E-state index contributed by atoms with van der Waals surface area (Å²) in [5.41, 5.74) is 0.232. The zero-order valence-corrected chi connectivity index (χ0v) is 12.8. The highest BCUT2D eigenvalue weighted by Crippen LogP contribution is 2.23. The SMILES string of the molecule is O=C(c1ccc(Cl)c(S(=O)(=O)NO)c1)N1CCSCC1. The minimum Gasteiger partial charge on any atom is -0.337 e. The van der Waals surface area contributed by atoms with Crippen molar-refractivity contribution in [1.82, 2.24) is 9.79 Å². The Labute approximate surface area is 126 Å². The van der Waals surface area contributed by atoms with Gasteiger partial charge in [0.1, 0.15) is 4.90 Å². The van der Waals surface area contributed by atoms with Crippen LogP contribution < -0.4 is 4.89 Å². The van der Waals surface area contributed by atoms with E-state index < -0.39 is 10.0 Å². The quantitative estimate of drug-likeness (QED) is 0.810. The molecular weight excluding hydrogens is 324 g/mol. The Morgan fingerprint density at radius 2 is 2.00 bits per heavy atom. The second-order valence-corrected chi connectivity index (χ2v) is 7.41. The van der Waals surface area contributed by atoms with Crippen LogP contribution in [0.1, 0.15) is 10.4 Å². The summed E-state index contributed by atoms with van der Waals surface area (Å²) in [5, 5.41) is 8.60. The molecule has 1 heterocycles. The average Bonchev–Trinajstić information content (AvgIpc) is 2.47. The van der Waals surface area contributed by atoms with Crippen molar-refractivity contribution in [3.05, 3.63) is 28.8 Å². The fourth-order valence-electron chi connectivity index (χ4n) is 1.84. The van der Waals surface area contributed by atoms with Crippen molar-refractivity contribution in [1.29, 1.82) is 0 Å². The number of benzene rings is 1. The van der Waals surface area contributed by atoms with E-state index in [1.54, 1.807) is 16.7 Å². The third kappa shape index (κ3) is 3.26. The number of nitrogens with one attached hydrogen (secondary N) is 1. The molecule has 1 aromatic carbocycles. The number of hydrogen-bond acceptors (Lipinski definition) is 5. The van der Waals surface area contributed by atoms with E-state index in [0.29, 0.717) is 13.1 Å². The minimum absolute atomic E-state index is 0.0581. The first-order valence-electron chi connectivity index (χ1n) is 5.78. The van der Waals surface area contributed by atoms with Crippen molar-refractivity contribution >= 4 is 39.3 Å². The second kappa shape index (κ2) is 6.31. The van der Waals surface area contributed by atoms with E-state index in [0.717, 1.165) is 11.5 Å². The predicted octanol–water partition coefficient (Wildman–Crippen LogP) is 1.20. The van der Waals surface area contributed by atoms with Gasteiger partial charge in [-0.1, -0.05) is 16.5 Å². The molecule has 0 bridgehead atoms. The van der Waals surface area contributed by atoms with Crippen molar-refractivity contribution in [3.63, 3.8) is 0 Å². The molecule has 1 saturated heterocycles. The molecule has 110 valence electrons. The first-order chi connectivity index (χ1) is 9.45. The number of rotatable bonds is 3. The van der Waals surface area contributed by atoms with E-state index in [2.05, 4.69) is 0 Å². The van der Waals surface area contributed by atoms with Gasteiger partial charge in [-0.25, -0.2) is 8.42 Å². The molecule has 0 spiro atoms. The summed E-state index contributed by atoms with van der Waals surface area (Å²) in [5.74, 6) is 1.49. The van der Waals surface area contributed by atoms with Crippen molar-refractivity contribution in [2.45, 2.75) is 4.90 Å². The van der Waals surface area contributed by atoms with Crippen molar-refractivity contribution < 1.29 is 18.4 Å². The number of thioether (sulfide) groups is 1. The van der Waals surface area contributed by atoms with Gasteiger partial charge < -0.3 is 10.1 Å². The third-order valence-electron chi connectivity index (χ3n) is 2.89. The highest BCUT2D eigenvalue weighted by Gasteiger charge is 2.23. The van der Waals surface area contributed by atoms with Crippen LogP contribution in [0.4, 0.5) is 0 Å². The molecule has 2 N–H and O–H groups in total. The zero-order valence-electron chi connectivity index (χ0n) is 10.4. The molecule has 0 unspecified atom stereocenters. The van der Waals surface area contributed by atoms with Gasteiger partial charge in [0.2, 0.25) is 0 Å². The summed E-state index contributed by atoms with van der Waals surface area (Å²) in [7, 11) is -4.12. The maximum Gasteiger partial charge on any atom is 0.263 e. The molecule has 20 heavy (non-hydrogen) atoms. The monoisotopic (exact) mass is 336 g/mol. The standard InChI is InChI=1S/C11H13ClN2O4S2/c12-9-2-1-8(7-10(9)20(17,18)13-16)11(15)14-3-5-19-6-4-14/h1-2,7,13,16H,3-6H2. The van der Waals surface area contributed by atoms with E-state index in [1.807, 2.05) is 0 Å². The summed E-state index contributed by atoms with van der Waals surface area (Å²) in [4.78, 5) is 14.8. The number of hydrogen-bond donors (Lipinski definition) is 2. The molecule has 0 radical (unpaired) electrons. The molecular formula is C11H13ClN2O4S2. The largest absolute Gasteiger partial charge is 0.337 e. The van der Waals surface area contributed by atoms with Crippen molar-refractivity contribution in [2.24, 2.45) is 0 Å². The zero-order chi connectivity index (χ0) is 14.8. The van der Waals surface area contributed by atoms with Gasteiger partial charge in [0.25, 0.3) is 15.9 Å². The van der Waals surface area contributed by atoms with Gasteiger partial charge >= 0.3 is 0 Å². The van der Waals surface area contributed by atoms with Gasteiger partial charge in [-0.05, 0) is 18.2 Å². The Kier molecular flexibility index (Phi) is 4.92. The van der Waals surface area contributed by atoms with Gasteiger partial charge in [-0.15, -0.1) is 0 Å². The van der Waals surface area contributed by atoms with Crippen LogP contribution in [0.3, 0.4) is 0 Å². The van der Waals surface area contributed by atoms with E-state index in [9.17, 15) is 13.2 Å². The van der Waals surface area contributed by atoms with Crippen molar-refractivity contribution in [2.75, 3.05) is 24.6 Å². The number of sulfonamides is 1. The number of carbonyl (C=O) groups is 1. The third-order valence-corrected chi connectivity index (χ3v) is 5.43. The fourth-order valence-corrected chi connectivity index (χ4v) is 3.87. The summed E-state index contributed by atoms with van der Waals surface area (Å²) >= 11 is 7.56. The lowest BCUT2D eigenvalue weighted by atomic mass is 10.2. The van der Waals surface area contributed by atoms with Crippen LogP contribution in [0.25, 0.3) is 0 Å². The highest BCUT2D eigenvalue weighted by molar-refractivity contribution is 7.99. The summed E-state index contributed by atoms with van der Waals surface area (Å²) in [6.45, 7) is 1.26. The van der Waals surface area contributed by atoms with E-state index in [-0.39, 0.29) is 21.4 Å². The summed E-state index contributed by atoms with van der Waals surface area (Å²) in [6, 6.07) is 3.98. The highest BCUT2D eigenvalue weighted by atomic mass is 35.5. The van der Waals surface area contributed by atoms with Gasteiger partial charge in [0.15, 0.2) is 0 Å². The van der Waals surface area contributed by atoms with Gasteiger partial charge in [-0.2, -0.15) is 11.8 Å². The van der Waals surface area contributed by atoms with Crippen LogP contribution in [0.15, 0.2) is 23.1 Å². The number of halogens is 1. The Morgan fingerprint density at radius 1 is 1.35 bits per heavy atom.